The Balaban J connectivity index is 1.55. The molecule has 1 saturated heterocycles. The molecular formula is C17H32N2. The molecule has 19 heavy (non-hydrogen) atoms. The number of hydrogen-bond donors (Lipinski definition) is 1. The van der Waals surface area contributed by atoms with E-state index in [0.29, 0.717) is 5.41 Å². The van der Waals surface area contributed by atoms with Crippen LogP contribution < -0.4 is 5.32 Å². The van der Waals surface area contributed by atoms with Crippen LogP contribution in [0.4, 0.5) is 0 Å². The van der Waals surface area contributed by atoms with Crippen molar-refractivity contribution >= 4 is 0 Å². The fourth-order valence-electron chi connectivity index (χ4n) is 4.08. The lowest BCUT2D eigenvalue weighted by Gasteiger charge is -2.42. The van der Waals surface area contributed by atoms with Crippen LogP contribution in [-0.2, 0) is 0 Å². The van der Waals surface area contributed by atoms with Gasteiger partial charge in [-0.05, 0) is 75.8 Å². The standard InChI is InChI=1S/C17H32N2/c1-17(2)9-5-16(6-10-17)19(15-3-4-15)13-14-7-11-18-12-8-14/h14-16,18H,3-13H2,1-2H3. The highest BCUT2D eigenvalue weighted by atomic mass is 15.2. The Labute approximate surface area is 119 Å². The molecule has 0 aromatic heterocycles. The van der Waals surface area contributed by atoms with Gasteiger partial charge in [-0.2, -0.15) is 0 Å². The summed E-state index contributed by atoms with van der Waals surface area (Å²) in [6.45, 7) is 8.81. The molecule has 0 unspecified atom stereocenters. The summed E-state index contributed by atoms with van der Waals surface area (Å²) in [5.74, 6) is 0.969. The van der Waals surface area contributed by atoms with Gasteiger partial charge in [-0.15, -0.1) is 0 Å². The van der Waals surface area contributed by atoms with Crippen molar-refractivity contribution in [2.24, 2.45) is 11.3 Å². The van der Waals surface area contributed by atoms with Gasteiger partial charge >= 0.3 is 0 Å². The van der Waals surface area contributed by atoms with E-state index in [2.05, 4.69) is 24.1 Å². The molecule has 3 fully saturated rings. The Bertz CT molecular complexity index is 280. The summed E-state index contributed by atoms with van der Waals surface area (Å²) < 4.78 is 0. The smallest absolute Gasteiger partial charge is 0.00994 e. The number of hydrogen-bond acceptors (Lipinski definition) is 2. The van der Waals surface area contributed by atoms with Crippen LogP contribution in [0, 0.1) is 11.3 Å². The topological polar surface area (TPSA) is 15.3 Å². The average Bonchev–Trinajstić information content (AvgIpc) is 3.22. The number of nitrogens with zero attached hydrogens (tertiary/aromatic N) is 1. The van der Waals surface area contributed by atoms with Crippen LogP contribution in [0.2, 0.25) is 0 Å². The lowest BCUT2D eigenvalue weighted by molar-refractivity contribution is 0.0807. The van der Waals surface area contributed by atoms with Gasteiger partial charge in [0, 0.05) is 18.6 Å². The Hall–Kier alpha value is -0.0800. The molecule has 110 valence electrons. The average molecular weight is 264 g/mol. The van der Waals surface area contributed by atoms with Gasteiger partial charge < -0.3 is 5.32 Å². The van der Waals surface area contributed by atoms with E-state index >= 15 is 0 Å². The zero-order valence-electron chi connectivity index (χ0n) is 13.0. The molecule has 0 aromatic rings. The molecule has 0 atom stereocenters. The van der Waals surface area contributed by atoms with E-state index in [1.54, 1.807) is 0 Å². The third-order valence-corrected chi connectivity index (χ3v) is 5.72. The predicted octanol–water partition coefficient (Wildman–Crippen LogP) is 3.42. The van der Waals surface area contributed by atoms with Crippen molar-refractivity contribution in [1.29, 1.82) is 0 Å². The van der Waals surface area contributed by atoms with Gasteiger partial charge in [-0.1, -0.05) is 13.8 Å². The van der Waals surface area contributed by atoms with Crippen LogP contribution >= 0.6 is 0 Å². The summed E-state index contributed by atoms with van der Waals surface area (Å²) in [6.07, 6.45) is 11.5. The molecule has 1 N–H and O–H groups in total. The monoisotopic (exact) mass is 264 g/mol. The van der Waals surface area contributed by atoms with Gasteiger partial charge in [0.25, 0.3) is 0 Å². The first-order chi connectivity index (χ1) is 9.14. The summed E-state index contributed by atoms with van der Waals surface area (Å²) in [7, 11) is 0. The number of rotatable bonds is 4. The highest BCUT2D eigenvalue weighted by Gasteiger charge is 2.38. The molecule has 2 heteroatoms. The predicted molar refractivity (Wildman–Crippen MR) is 81.4 cm³/mol. The number of piperidine rings is 1. The molecule has 0 aromatic carbocycles. The Kier molecular flexibility index (Phi) is 4.19. The van der Waals surface area contributed by atoms with E-state index in [1.165, 1.54) is 71.0 Å². The molecule has 0 radical (unpaired) electrons. The van der Waals surface area contributed by atoms with Crippen molar-refractivity contribution in [2.45, 2.75) is 77.3 Å². The second kappa shape index (κ2) is 5.73. The highest BCUT2D eigenvalue weighted by molar-refractivity contribution is 4.93. The van der Waals surface area contributed by atoms with Crippen LogP contribution in [0.5, 0.6) is 0 Å². The maximum atomic E-state index is 3.50. The van der Waals surface area contributed by atoms with Crippen LogP contribution in [0.3, 0.4) is 0 Å². The van der Waals surface area contributed by atoms with Gasteiger partial charge in [-0.25, -0.2) is 0 Å². The minimum absolute atomic E-state index is 0.612. The van der Waals surface area contributed by atoms with Gasteiger partial charge in [-0.3, -0.25) is 4.90 Å². The van der Waals surface area contributed by atoms with Gasteiger partial charge in [0.1, 0.15) is 0 Å². The van der Waals surface area contributed by atoms with E-state index in [0.717, 1.165) is 18.0 Å². The third-order valence-electron chi connectivity index (χ3n) is 5.72. The van der Waals surface area contributed by atoms with E-state index in [-0.39, 0.29) is 0 Å². The SMILES string of the molecule is CC1(C)CCC(N(CC2CCNCC2)C2CC2)CC1. The van der Waals surface area contributed by atoms with Gasteiger partial charge in [0.15, 0.2) is 0 Å². The lowest BCUT2D eigenvalue weighted by Crippen LogP contribution is -2.45. The lowest BCUT2D eigenvalue weighted by atomic mass is 9.75. The molecule has 2 aliphatic carbocycles. The number of nitrogens with one attached hydrogen (secondary N) is 1. The van der Waals surface area contributed by atoms with Crippen LogP contribution in [0.1, 0.15) is 65.2 Å². The molecule has 2 nitrogen and oxygen atoms in total. The van der Waals surface area contributed by atoms with Crippen LogP contribution in [-0.4, -0.2) is 36.6 Å². The van der Waals surface area contributed by atoms with Crippen molar-refractivity contribution in [3.05, 3.63) is 0 Å². The second-order valence-electron chi connectivity index (χ2n) is 8.02. The largest absolute Gasteiger partial charge is 0.317 e. The Morgan fingerprint density at radius 1 is 0.895 bits per heavy atom. The first kappa shape index (κ1) is 13.9. The summed E-state index contributed by atoms with van der Waals surface area (Å²) in [4.78, 5) is 2.94. The molecule has 3 rings (SSSR count). The fourth-order valence-corrected chi connectivity index (χ4v) is 4.08. The van der Waals surface area contributed by atoms with E-state index in [1.807, 2.05) is 0 Å². The van der Waals surface area contributed by atoms with Crippen LogP contribution in [0.15, 0.2) is 0 Å². The molecule has 0 bridgehead atoms. The summed E-state index contributed by atoms with van der Waals surface area (Å²) in [5, 5.41) is 3.50. The molecule has 1 heterocycles. The quantitative estimate of drug-likeness (QED) is 0.837. The zero-order chi connectivity index (χ0) is 13.3. The van der Waals surface area contributed by atoms with Gasteiger partial charge in [0.05, 0.1) is 0 Å². The Morgan fingerprint density at radius 3 is 2.05 bits per heavy atom. The van der Waals surface area contributed by atoms with Crippen molar-refractivity contribution in [3.8, 4) is 0 Å². The molecule has 0 amide bonds. The van der Waals surface area contributed by atoms with Crippen molar-refractivity contribution in [2.75, 3.05) is 19.6 Å². The van der Waals surface area contributed by atoms with E-state index in [4.69, 9.17) is 0 Å². The first-order valence-corrected chi connectivity index (χ1v) is 8.60. The fraction of sp³-hybridized carbons (Fsp3) is 1.00. The molecule has 0 spiro atoms. The first-order valence-electron chi connectivity index (χ1n) is 8.60. The summed E-state index contributed by atoms with van der Waals surface area (Å²) >= 11 is 0. The Morgan fingerprint density at radius 2 is 1.47 bits per heavy atom. The normalized spacial score (nSPS) is 29.8. The highest BCUT2D eigenvalue weighted by Crippen LogP contribution is 2.40. The minimum atomic E-state index is 0.612. The minimum Gasteiger partial charge on any atom is -0.317 e. The molecular weight excluding hydrogens is 232 g/mol. The third kappa shape index (κ3) is 3.72. The molecule has 1 aliphatic heterocycles. The van der Waals surface area contributed by atoms with Crippen molar-refractivity contribution in [3.63, 3.8) is 0 Å². The van der Waals surface area contributed by atoms with Crippen LogP contribution in [0.25, 0.3) is 0 Å². The van der Waals surface area contributed by atoms with Gasteiger partial charge in [0.2, 0.25) is 0 Å². The second-order valence-corrected chi connectivity index (χ2v) is 8.02. The van der Waals surface area contributed by atoms with Crippen molar-refractivity contribution in [1.82, 2.24) is 10.2 Å². The zero-order valence-corrected chi connectivity index (χ0v) is 13.0. The molecule has 3 aliphatic rings. The summed E-state index contributed by atoms with van der Waals surface area (Å²) in [5.41, 5.74) is 0.612. The maximum Gasteiger partial charge on any atom is 0.00994 e. The van der Waals surface area contributed by atoms with E-state index in [9.17, 15) is 0 Å². The van der Waals surface area contributed by atoms with E-state index < -0.39 is 0 Å². The summed E-state index contributed by atoms with van der Waals surface area (Å²) in [6, 6.07) is 1.87. The van der Waals surface area contributed by atoms with Crippen molar-refractivity contribution < 1.29 is 0 Å². The maximum absolute atomic E-state index is 3.50. The molecule has 2 saturated carbocycles.